The van der Waals surface area contributed by atoms with Gasteiger partial charge in [-0.3, -0.25) is 0 Å². The molecule has 0 aromatic carbocycles. The van der Waals surface area contributed by atoms with Crippen molar-refractivity contribution >= 4 is 23.5 Å². The molecule has 0 aliphatic carbocycles. The van der Waals surface area contributed by atoms with Gasteiger partial charge >= 0.3 is 0 Å². The van der Waals surface area contributed by atoms with Crippen LogP contribution in [0.15, 0.2) is 0 Å². The summed E-state index contributed by atoms with van der Waals surface area (Å²) in [5.74, 6) is 1.00. The van der Waals surface area contributed by atoms with Crippen molar-refractivity contribution < 1.29 is 0 Å². The molecule has 0 aromatic rings. The van der Waals surface area contributed by atoms with Gasteiger partial charge in [0.05, 0.1) is 0 Å². The van der Waals surface area contributed by atoms with Crippen molar-refractivity contribution in [1.82, 2.24) is 5.32 Å². The Morgan fingerprint density at radius 2 is 2.07 bits per heavy atom. The highest BCUT2D eigenvalue weighted by molar-refractivity contribution is 8.19. The molecule has 2 saturated heterocycles. The molecule has 1 nitrogen and oxygen atoms in total. The Morgan fingerprint density at radius 1 is 1.20 bits per heavy atom. The molecule has 3 heteroatoms. The summed E-state index contributed by atoms with van der Waals surface area (Å²) >= 11 is 4.38. The third-order valence-electron chi connectivity index (χ3n) is 3.68. The van der Waals surface area contributed by atoms with Crippen molar-refractivity contribution in [2.24, 2.45) is 5.92 Å². The quantitative estimate of drug-likeness (QED) is 0.761. The number of hydrogen-bond donors (Lipinski definition) is 1. The summed E-state index contributed by atoms with van der Waals surface area (Å²) in [4.78, 5) is 0. The van der Waals surface area contributed by atoms with Crippen LogP contribution in [0.5, 0.6) is 0 Å². The molecule has 2 unspecified atom stereocenters. The van der Waals surface area contributed by atoms with E-state index in [4.69, 9.17) is 0 Å². The second kappa shape index (κ2) is 6.41. The first-order chi connectivity index (χ1) is 7.40. The zero-order valence-electron chi connectivity index (χ0n) is 9.71. The summed E-state index contributed by atoms with van der Waals surface area (Å²) in [6.07, 6.45) is 7.14. The van der Waals surface area contributed by atoms with Crippen molar-refractivity contribution in [2.75, 3.05) is 18.2 Å². The van der Waals surface area contributed by atoms with Gasteiger partial charge in [0.25, 0.3) is 0 Å². The Morgan fingerprint density at radius 3 is 2.93 bits per heavy atom. The topological polar surface area (TPSA) is 12.0 Å². The molecule has 1 N–H and O–H groups in total. The standard InChI is InChI=1S/C12H23NS2/c1-2-10-5-3-4-6-13-8-12-11(7-10)14-9-15-12/h10-13H,2-9H2,1H3/t10?,11-,12?/m0/s1. The fourth-order valence-corrected chi connectivity index (χ4v) is 6.05. The van der Waals surface area contributed by atoms with E-state index in [9.17, 15) is 0 Å². The maximum Gasteiger partial charge on any atom is 0.0398 e. The van der Waals surface area contributed by atoms with Gasteiger partial charge < -0.3 is 5.32 Å². The summed E-state index contributed by atoms with van der Waals surface area (Å²) < 4.78 is 0. The predicted octanol–water partition coefficient (Wildman–Crippen LogP) is 3.35. The summed E-state index contributed by atoms with van der Waals surface area (Å²) in [5, 5.41) is 6.78. The largest absolute Gasteiger partial charge is 0.316 e. The first-order valence-electron chi connectivity index (χ1n) is 6.34. The van der Waals surface area contributed by atoms with Gasteiger partial charge in [-0.05, 0) is 25.3 Å². The van der Waals surface area contributed by atoms with Crippen LogP contribution < -0.4 is 5.32 Å². The molecule has 0 aromatic heterocycles. The predicted molar refractivity (Wildman–Crippen MR) is 72.7 cm³/mol. The molecular formula is C12H23NS2. The van der Waals surface area contributed by atoms with Crippen LogP contribution in [0.2, 0.25) is 0 Å². The van der Waals surface area contributed by atoms with Crippen LogP contribution in [0.4, 0.5) is 0 Å². The zero-order valence-corrected chi connectivity index (χ0v) is 11.3. The summed E-state index contributed by atoms with van der Waals surface area (Å²) in [6.45, 7) is 4.86. The van der Waals surface area contributed by atoms with Gasteiger partial charge in [0.2, 0.25) is 0 Å². The Bertz CT molecular complexity index is 186. The first kappa shape index (κ1) is 12.1. The Hall–Kier alpha value is 0.660. The molecule has 2 aliphatic rings. The van der Waals surface area contributed by atoms with Crippen molar-refractivity contribution in [3.8, 4) is 0 Å². The van der Waals surface area contributed by atoms with Crippen LogP contribution in [0.1, 0.15) is 39.0 Å². The fraction of sp³-hybridized carbons (Fsp3) is 1.00. The van der Waals surface area contributed by atoms with Gasteiger partial charge in [0, 0.05) is 22.1 Å². The SMILES string of the molecule is CCC1CCCCNCC2SCS[C@H]2C1. The highest BCUT2D eigenvalue weighted by atomic mass is 32.2. The molecule has 88 valence electrons. The number of thioether (sulfide) groups is 2. The van der Waals surface area contributed by atoms with Crippen LogP contribution in [-0.4, -0.2) is 28.7 Å². The molecule has 0 radical (unpaired) electrons. The monoisotopic (exact) mass is 245 g/mol. The summed E-state index contributed by atoms with van der Waals surface area (Å²) in [7, 11) is 0. The van der Waals surface area contributed by atoms with Gasteiger partial charge in [0.15, 0.2) is 0 Å². The fourth-order valence-electron chi connectivity index (χ4n) is 2.58. The van der Waals surface area contributed by atoms with Gasteiger partial charge in [0.1, 0.15) is 0 Å². The van der Waals surface area contributed by atoms with E-state index in [0.29, 0.717) is 0 Å². The molecule has 0 amide bonds. The Balaban J connectivity index is 1.91. The Labute approximate surface area is 103 Å². The minimum Gasteiger partial charge on any atom is -0.316 e. The lowest BCUT2D eigenvalue weighted by Crippen LogP contribution is -2.32. The van der Waals surface area contributed by atoms with Crippen molar-refractivity contribution in [1.29, 1.82) is 0 Å². The van der Waals surface area contributed by atoms with Crippen LogP contribution in [0.3, 0.4) is 0 Å². The summed E-state index contributed by atoms with van der Waals surface area (Å²) in [6, 6.07) is 0. The number of fused-ring (bicyclic) bond motifs is 1. The minimum absolute atomic E-state index is 0.891. The average molecular weight is 245 g/mol. The lowest BCUT2D eigenvalue weighted by molar-refractivity contribution is 0.394. The lowest BCUT2D eigenvalue weighted by atomic mass is 9.92. The van der Waals surface area contributed by atoms with Gasteiger partial charge in [-0.25, -0.2) is 0 Å². The van der Waals surface area contributed by atoms with Gasteiger partial charge in [-0.15, -0.1) is 23.5 Å². The highest BCUT2D eigenvalue weighted by Gasteiger charge is 2.30. The second-order valence-electron chi connectivity index (χ2n) is 4.74. The van der Waals surface area contributed by atoms with E-state index >= 15 is 0 Å². The number of hydrogen-bond acceptors (Lipinski definition) is 3. The molecular weight excluding hydrogens is 222 g/mol. The maximum atomic E-state index is 3.63. The van der Waals surface area contributed by atoms with E-state index in [-0.39, 0.29) is 0 Å². The van der Waals surface area contributed by atoms with E-state index in [1.807, 2.05) is 0 Å². The summed E-state index contributed by atoms with van der Waals surface area (Å²) in [5.41, 5.74) is 0. The van der Waals surface area contributed by atoms with E-state index in [1.54, 1.807) is 0 Å². The van der Waals surface area contributed by atoms with Gasteiger partial charge in [-0.2, -0.15) is 0 Å². The van der Waals surface area contributed by atoms with E-state index in [1.165, 1.54) is 50.3 Å². The van der Waals surface area contributed by atoms with Crippen LogP contribution in [-0.2, 0) is 0 Å². The number of rotatable bonds is 1. The van der Waals surface area contributed by atoms with E-state index < -0.39 is 0 Å². The normalized spacial score (nSPS) is 38.6. The van der Waals surface area contributed by atoms with Crippen molar-refractivity contribution in [3.05, 3.63) is 0 Å². The van der Waals surface area contributed by atoms with Gasteiger partial charge in [-0.1, -0.05) is 26.2 Å². The van der Waals surface area contributed by atoms with E-state index in [0.717, 1.165) is 16.4 Å². The number of nitrogens with one attached hydrogen (secondary N) is 1. The van der Waals surface area contributed by atoms with Crippen molar-refractivity contribution in [3.63, 3.8) is 0 Å². The molecule has 15 heavy (non-hydrogen) atoms. The van der Waals surface area contributed by atoms with Crippen molar-refractivity contribution in [2.45, 2.75) is 49.5 Å². The molecule has 0 bridgehead atoms. The average Bonchev–Trinajstić information content (AvgIpc) is 2.70. The molecule has 2 aliphatic heterocycles. The molecule has 3 atom stereocenters. The molecule has 2 rings (SSSR count). The lowest BCUT2D eigenvalue weighted by Gasteiger charge is -2.25. The molecule has 2 fully saturated rings. The zero-order chi connectivity index (χ0) is 10.5. The highest BCUT2D eigenvalue weighted by Crippen LogP contribution is 2.41. The Kier molecular flexibility index (Phi) is 5.18. The van der Waals surface area contributed by atoms with E-state index in [2.05, 4.69) is 35.8 Å². The van der Waals surface area contributed by atoms with Crippen LogP contribution in [0, 0.1) is 5.92 Å². The molecule has 2 heterocycles. The van der Waals surface area contributed by atoms with Crippen LogP contribution in [0.25, 0.3) is 0 Å². The van der Waals surface area contributed by atoms with Crippen LogP contribution >= 0.6 is 23.5 Å². The maximum absolute atomic E-state index is 3.63. The minimum atomic E-state index is 0.891. The third-order valence-corrected chi connectivity index (χ3v) is 6.82. The molecule has 0 saturated carbocycles. The third kappa shape index (κ3) is 3.57. The first-order valence-corrected chi connectivity index (χ1v) is 8.44. The second-order valence-corrected chi connectivity index (χ2v) is 7.56. The molecule has 0 spiro atoms. The smallest absolute Gasteiger partial charge is 0.0398 e.